The van der Waals surface area contributed by atoms with Gasteiger partial charge in [-0.3, -0.25) is 4.79 Å². The zero-order valence-electron chi connectivity index (χ0n) is 17.4. The SMILES string of the molecule is COc1ccc(-n2c(C)cc(/C=C(\C#N)C(=O)NCCCn3ccnc3)c2C)cc1. The summed E-state index contributed by atoms with van der Waals surface area (Å²) in [5.74, 6) is 0.426. The van der Waals surface area contributed by atoms with Gasteiger partial charge in [0.1, 0.15) is 17.4 Å². The van der Waals surface area contributed by atoms with E-state index in [1.807, 2.05) is 61.0 Å². The number of methoxy groups -OCH3 is 1. The molecule has 0 atom stereocenters. The molecule has 7 nitrogen and oxygen atoms in total. The van der Waals surface area contributed by atoms with E-state index in [2.05, 4.69) is 14.9 Å². The molecule has 1 N–H and O–H groups in total. The predicted molar refractivity (Wildman–Crippen MR) is 115 cm³/mol. The molecule has 3 rings (SSSR count). The number of hydrogen-bond donors (Lipinski definition) is 1. The number of amides is 1. The number of nitrogens with zero attached hydrogens (tertiary/aromatic N) is 4. The number of rotatable bonds is 8. The number of aromatic nitrogens is 3. The van der Waals surface area contributed by atoms with E-state index in [1.54, 1.807) is 25.7 Å². The Hall–Kier alpha value is -3.79. The minimum Gasteiger partial charge on any atom is -0.497 e. The molecule has 7 heteroatoms. The van der Waals surface area contributed by atoms with Gasteiger partial charge in [-0.25, -0.2) is 4.98 Å². The third kappa shape index (κ3) is 4.78. The maximum atomic E-state index is 12.4. The molecule has 0 bridgehead atoms. The molecular formula is C23H25N5O2. The Balaban J connectivity index is 1.71. The van der Waals surface area contributed by atoms with Crippen molar-refractivity contribution in [1.82, 2.24) is 19.4 Å². The largest absolute Gasteiger partial charge is 0.497 e. The second-order valence-corrected chi connectivity index (χ2v) is 6.94. The van der Waals surface area contributed by atoms with Crippen LogP contribution in [0, 0.1) is 25.2 Å². The van der Waals surface area contributed by atoms with Crippen LogP contribution in [0.4, 0.5) is 0 Å². The minimum absolute atomic E-state index is 0.0904. The number of carbonyl (C=O) groups is 1. The van der Waals surface area contributed by atoms with Gasteiger partial charge >= 0.3 is 0 Å². The highest BCUT2D eigenvalue weighted by molar-refractivity contribution is 6.01. The summed E-state index contributed by atoms with van der Waals surface area (Å²) in [5, 5.41) is 12.3. The molecule has 1 amide bonds. The Labute approximate surface area is 176 Å². The van der Waals surface area contributed by atoms with Gasteiger partial charge < -0.3 is 19.2 Å². The molecule has 1 aromatic carbocycles. The molecule has 0 unspecified atom stereocenters. The lowest BCUT2D eigenvalue weighted by Crippen LogP contribution is -2.26. The van der Waals surface area contributed by atoms with Crippen molar-refractivity contribution in [2.75, 3.05) is 13.7 Å². The number of nitriles is 1. The van der Waals surface area contributed by atoms with Gasteiger partial charge in [0.2, 0.25) is 0 Å². The number of hydrogen-bond acceptors (Lipinski definition) is 4. The van der Waals surface area contributed by atoms with E-state index in [4.69, 9.17) is 4.74 Å². The maximum absolute atomic E-state index is 12.4. The lowest BCUT2D eigenvalue weighted by Gasteiger charge is -2.10. The molecule has 0 radical (unpaired) electrons. The summed E-state index contributed by atoms with van der Waals surface area (Å²) in [6, 6.07) is 11.8. The van der Waals surface area contributed by atoms with Crippen LogP contribution in [0.2, 0.25) is 0 Å². The summed E-state index contributed by atoms with van der Waals surface area (Å²) in [5.41, 5.74) is 3.90. The number of imidazole rings is 1. The summed E-state index contributed by atoms with van der Waals surface area (Å²) in [7, 11) is 1.64. The van der Waals surface area contributed by atoms with Gasteiger partial charge in [-0.2, -0.15) is 5.26 Å². The Morgan fingerprint density at radius 3 is 2.70 bits per heavy atom. The average molecular weight is 403 g/mol. The van der Waals surface area contributed by atoms with Crippen molar-refractivity contribution in [3.05, 3.63) is 71.6 Å². The lowest BCUT2D eigenvalue weighted by atomic mass is 10.1. The van der Waals surface area contributed by atoms with Crippen molar-refractivity contribution in [3.8, 4) is 17.5 Å². The minimum atomic E-state index is -0.364. The number of nitrogens with one attached hydrogen (secondary N) is 1. The first-order chi connectivity index (χ1) is 14.5. The van der Waals surface area contributed by atoms with Crippen molar-refractivity contribution in [2.24, 2.45) is 0 Å². The molecule has 154 valence electrons. The number of ether oxygens (including phenoxy) is 1. The van der Waals surface area contributed by atoms with Crippen LogP contribution in [0.1, 0.15) is 23.4 Å². The van der Waals surface area contributed by atoms with Crippen molar-refractivity contribution >= 4 is 12.0 Å². The first-order valence-electron chi connectivity index (χ1n) is 9.72. The smallest absolute Gasteiger partial charge is 0.261 e. The van der Waals surface area contributed by atoms with Crippen molar-refractivity contribution in [1.29, 1.82) is 5.26 Å². The van der Waals surface area contributed by atoms with E-state index in [1.165, 1.54) is 0 Å². The molecule has 30 heavy (non-hydrogen) atoms. The Bertz CT molecular complexity index is 1070. The first kappa shape index (κ1) is 20.9. The van der Waals surface area contributed by atoms with Crippen molar-refractivity contribution in [2.45, 2.75) is 26.8 Å². The highest BCUT2D eigenvalue weighted by Gasteiger charge is 2.13. The Morgan fingerprint density at radius 2 is 2.07 bits per heavy atom. The van der Waals surface area contributed by atoms with Crippen LogP contribution in [-0.2, 0) is 11.3 Å². The Kier molecular flexibility index (Phi) is 6.71. The summed E-state index contributed by atoms with van der Waals surface area (Å²) >= 11 is 0. The maximum Gasteiger partial charge on any atom is 0.261 e. The monoisotopic (exact) mass is 403 g/mol. The average Bonchev–Trinajstić information content (AvgIpc) is 3.37. The number of carbonyl (C=O) groups excluding carboxylic acids is 1. The van der Waals surface area contributed by atoms with Gasteiger partial charge in [-0.15, -0.1) is 0 Å². The molecule has 0 saturated heterocycles. The third-order valence-corrected chi connectivity index (χ3v) is 4.90. The molecule has 2 aromatic heterocycles. The fourth-order valence-corrected chi connectivity index (χ4v) is 3.34. The Morgan fingerprint density at radius 1 is 1.30 bits per heavy atom. The van der Waals surface area contributed by atoms with Crippen LogP contribution in [-0.4, -0.2) is 33.7 Å². The van der Waals surface area contributed by atoms with E-state index >= 15 is 0 Å². The van der Waals surface area contributed by atoms with Gasteiger partial charge in [0.15, 0.2) is 0 Å². The van der Waals surface area contributed by atoms with Gasteiger partial charge in [0.25, 0.3) is 5.91 Å². The van der Waals surface area contributed by atoms with Crippen LogP contribution in [0.25, 0.3) is 11.8 Å². The van der Waals surface area contributed by atoms with E-state index in [9.17, 15) is 10.1 Å². The second-order valence-electron chi connectivity index (χ2n) is 6.94. The molecule has 0 aliphatic rings. The molecule has 0 spiro atoms. The fraction of sp³-hybridized carbons (Fsp3) is 0.261. The quantitative estimate of drug-likeness (QED) is 0.355. The molecule has 0 aliphatic carbocycles. The topological polar surface area (TPSA) is 84.9 Å². The van der Waals surface area contributed by atoms with Crippen LogP contribution < -0.4 is 10.1 Å². The molecule has 0 fully saturated rings. The summed E-state index contributed by atoms with van der Waals surface area (Å²) in [6.07, 6.45) is 7.74. The van der Waals surface area contributed by atoms with Gasteiger partial charge in [0, 0.05) is 42.6 Å². The molecule has 2 heterocycles. The molecule has 0 aliphatic heterocycles. The number of aryl methyl sites for hydroxylation is 2. The highest BCUT2D eigenvalue weighted by Crippen LogP contribution is 2.24. The van der Waals surface area contributed by atoms with Crippen LogP contribution >= 0.6 is 0 Å². The van der Waals surface area contributed by atoms with Gasteiger partial charge in [0.05, 0.1) is 13.4 Å². The van der Waals surface area contributed by atoms with Crippen molar-refractivity contribution < 1.29 is 9.53 Å². The first-order valence-corrected chi connectivity index (χ1v) is 9.72. The van der Waals surface area contributed by atoms with E-state index < -0.39 is 0 Å². The lowest BCUT2D eigenvalue weighted by molar-refractivity contribution is -0.117. The second kappa shape index (κ2) is 9.61. The van der Waals surface area contributed by atoms with Crippen LogP contribution in [0.15, 0.2) is 54.6 Å². The summed E-state index contributed by atoms with van der Waals surface area (Å²) in [6.45, 7) is 5.22. The standard InChI is InChI=1S/C23H25N5O2/c1-17-13-19(18(2)28(17)21-5-7-22(30-3)8-6-21)14-20(15-24)23(29)26-9-4-11-27-12-10-25-16-27/h5-8,10,12-14,16H,4,9,11H2,1-3H3,(H,26,29)/b20-14+. The highest BCUT2D eigenvalue weighted by atomic mass is 16.5. The number of benzene rings is 1. The normalized spacial score (nSPS) is 11.2. The molecule has 0 saturated carbocycles. The van der Waals surface area contributed by atoms with E-state index in [-0.39, 0.29) is 11.5 Å². The van der Waals surface area contributed by atoms with Crippen LogP contribution in [0.5, 0.6) is 5.75 Å². The summed E-state index contributed by atoms with van der Waals surface area (Å²) in [4.78, 5) is 16.4. The zero-order valence-corrected chi connectivity index (χ0v) is 17.4. The zero-order chi connectivity index (χ0) is 21.5. The fourth-order valence-electron chi connectivity index (χ4n) is 3.34. The molecular weight excluding hydrogens is 378 g/mol. The predicted octanol–water partition coefficient (Wildman–Crippen LogP) is 3.41. The van der Waals surface area contributed by atoms with E-state index in [0.29, 0.717) is 6.54 Å². The third-order valence-electron chi connectivity index (χ3n) is 4.90. The van der Waals surface area contributed by atoms with Crippen LogP contribution in [0.3, 0.4) is 0 Å². The van der Waals surface area contributed by atoms with Crippen molar-refractivity contribution in [3.63, 3.8) is 0 Å². The van der Waals surface area contributed by atoms with Gasteiger partial charge in [-0.05, 0) is 62.2 Å². The van der Waals surface area contributed by atoms with E-state index in [0.717, 1.165) is 41.4 Å². The summed E-state index contributed by atoms with van der Waals surface area (Å²) < 4.78 is 9.25. The molecule has 3 aromatic rings. The van der Waals surface area contributed by atoms with Gasteiger partial charge in [-0.1, -0.05) is 0 Å².